The maximum atomic E-state index is 13.9. The van der Waals surface area contributed by atoms with Gasteiger partial charge in [0.25, 0.3) is 5.91 Å². The number of carbonyl (C=O) groups is 1. The quantitative estimate of drug-likeness (QED) is 0.421. The van der Waals surface area contributed by atoms with E-state index in [4.69, 9.17) is 0 Å². The molecule has 0 spiro atoms. The topological polar surface area (TPSA) is 73.4 Å². The fourth-order valence-electron chi connectivity index (χ4n) is 4.57. The minimum atomic E-state index is -4.97. The highest BCUT2D eigenvalue weighted by atomic mass is 32.2. The lowest BCUT2D eigenvalue weighted by Crippen LogP contribution is -2.31. The van der Waals surface area contributed by atoms with Crippen LogP contribution in [0.5, 0.6) is 0 Å². The van der Waals surface area contributed by atoms with Crippen molar-refractivity contribution in [3.63, 3.8) is 0 Å². The number of allylic oxidation sites excluding steroid dienone is 1. The minimum absolute atomic E-state index is 0.172. The van der Waals surface area contributed by atoms with E-state index in [1.807, 2.05) is 4.90 Å². The van der Waals surface area contributed by atoms with E-state index in [-0.39, 0.29) is 29.7 Å². The molecule has 5 rings (SSSR count). The number of hydrogen-bond donors (Lipinski definition) is 2. The molecule has 1 saturated heterocycles. The third-order valence-electron chi connectivity index (χ3n) is 6.43. The summed E-state index contributed by atoms with van der Waals surface area (Å²) in [6.07, 6.45) is -8.11. The van der Waals surface area contributed by atoms with Crippen LogP contribution < -0.4 is 5.32 Å². The fourth-order valence-corrected chi connectivity index (χ4v) is 5.42. The van der Waals surface area contributed by atoms with E-state index in [0.717, 1.165) is 17.0 Å². The van der Waals surface area contributed by atoms with Gasteiger partial charge in [-0.3, -0.25) is 9.89 Å². The molecule has 1 fully saturated rings. The van der Waals surface area contributed by atoms with Crippen LogP contribution in [0.2, 0.25) is 0 Å². The summed E-state index contributed by atoms with van der Waals surface area (Å²) >= 11 is 1.34. The van der Waals surface area contributed by atoms with Crippen LogP contribution in [0.4, 0.5) is 26.3 Å². The molecule has 2 aromatic carbocycles. The van der Waals surface area contributed by atoms with Gasteiger partial charge in [-0.05, 0) is 41.0 Å². The van der Waals surface area contributed by atoms with Crippen LogP contribution in [0.1, 0.15) is 28.7 Å². The maximum Gasteiger partial charge on any atom is 0.416 e. The van der Waals surface area contributed by atoms with Crippen molar-refractivity contribution in [3.05, 3.63) is 70.5 Å². The van der Waals surface area contributed by atoms with Crippen molar-refractivity contribution in [2.75, 3.05) is 25.4 Å². The van der Waals surface area contributed by atoms with Gasteiger partial charge in [-0.15, -0.1) is 0 Å². The normalized spacial score (nSPS) is 18.4. The van der Waals surface area contributed by atoms with Gasteiger partial charge < -0.3 is 10.2 Å². The van der Waals surface area contributed by atoms with Crippen LogP contribution in [0.25, 0.3) is 16.5 Å². The van der Waals surface area contributed by atoms with Crippen LogP contribution in [0, 0.1) is 0 Å². The molecule has 0 aliphatic carbocycles. The molecule has 38 heavy (non-hydrogen) atoms. The highest BCUT2D eigenvalue weighted by molar-refractivity contribution is 8.14. The Morgan fingerprint density at radius 3 is 2.55 bits per heavy atom. The second kappa shape index (κ2) is 10.0. The van der Waals surface area contributed by atoms with Crippen LogP contribution in [0.15, 0.2) is 53.3 Å². The number of rotatable bonds is 3. The molecule has 0 unspecified atom stereocenters. The Morgan fingerprint density at radius 2 is 1.84 bits per heavy atom. The number of carbonyl (C=O) groups excluding carboxylic acids is 1. The predicted octanol–water partition coefficient (Wildman–Crippen LogP) is 5.48. The Morgan fingerprint density at radius 1 is 1.03 bits per heavy atom. The Hall–Kier alpha value is -3.48. The lowest BCUT2D eigenvalue weighted by Gasteiger charge is -2.21. The number of amides is 1. The van der Waals surface area contributed by atoms with E-state index in [1.165, 1.54) is 11.8 Å². The lowest BCUT2D eigenvalue weighted by molar-refractivity contribution is -0.143. The van der Waals surface area contributed by atoms with E-state index in [1.54, 1.807) is 24.4 Å². The number of alkyl halides is 6. The van der Waals surface area contributed by atoms with Crippen LogP contribution in [-0.4, -0.2) is 51.6 Å². The number of nitrogens with one attached hydrogen (secondary N) is 2. The number of benzene rings is 2. The van der Waals surface area contributed by atoms with Crippen molar-refractivity contribution in [1.29, 1.82) is 0 Å². The standard InChI is InChI=1S/C25H21F6N5OS/c26-24(27,28)17-3-1-15(19(11-17)25(29,30)31)10-18(14-2-4-20-16(9-14)12-33-35-20)21-5-7-36(8-6-32-21)23-34-22(37)13-38-23/h1-4,9,11-12,32H,5-8,10,13H2,(H,33,35). The number of H-pyrrole nitrogens is 1. The smallest absolute Gasteiger partial charge is 0.386 e. The molecule has 0 bridgehead atoms. The largest absolute Gasteiger partial charge is 0.416 e. The summed E-state index contributed by atoms with van der Waals surface area (Å²) in [5, 5.41) is 11.5. The van der Waals surface area contributed by atoms with Gasteiger partial charge in [-0.1, -0.05) is 23.9 Å². The van der Waals surface area contributed by atoms with Gasteiger partial charge in [0.2, 0.25) is 0 Å². The molecule has 200 valence electrons. The van der Waals surface area contributed by atoms with Crippen molar-refractivity contribution in [2.45, 2.75) is 25.2 Å². The van der Waals surface area contributed by atoms with Gasteiger partial charge in [-0.25, -0.2) is 0 Å². The molecule has 1 aromatic heterocycles. The number of fused-ring (bicyclic) bond motifs is 1. The zero-order valence-corrected chi connectivity index (χ0v) is 20.5. The molecule has 13 heteroatoms. The molecule has 1 amide bonds. The number of aromatic amines is 1. The summed E-state index contributed by atoms with van der Waals surface area (Å²) in [7, 11) is 0. The molecule has 3 heterocycles. The van der Waals surface area contributed by atoms with Crippen molar-refractivity contribution >= 4 is 39.3 Å². The van der Waals surface area contributed by atoms with E-state index >= 15 is 0 Å². The van der Waals surface area contributed by atoms with Gasteiger partial charge in [0.1, 0.15) is 0 Å². The third-order valence-corrected chi connectivity index (χ3v) is 7.43. The summed E-state index contributed by atoms with van der Waals surface area (Å²) < 4.78 is 81.5. The van der Waals surface area contributed by atoms with Crippen LogP contribution >= 0.6 is 11.8 Å². The fraction of sp³-hybridized carbons (Fsp3) is 0.320. The number of aliphatic imine (C=N–C) groups is 1. The number of amidine groups is 1. The highest BCUT2D eigenvalue weighted by Crippen LogP contribution is 2.39. The third kappa shape index (κ3) is 5.52. The predicted molar refractivity (Wildman–Crippen MR) is 132 cm³/mol. The monoisotopic (exact) mass is 553 g/mol. The maximum absolute atomic E-state index is 13.9. The molecule has 0 atom stereocenters. The van der Waals surface area contributed by atoms with Gasteiger partial charge >= 0.3 is 12.4 Å². The number of aromatic nitrogens is 2. The summed E-state index contributed by atoms with van der Waals surface area (Å²) in [5.41, 5.74) is -0.342. The number of hydrogen-bond acceptors (Lipinski definition) is 5. The van der Waals surface area contributed by atoms with Crippen LogP contribution in [0.3, 0.4) is 0 Å². The van der Waals surface area contributed by atoms with Crippen molar-refractivity contribution < 1.29 is 31.1 Å². The first-order chi connectivity index (χ1) is 18.0. The zero-order chi connectivity index (χ0) is 27.1. The Bertz CT molecular complexity index is 1440. The molecule has 0 radical (unpaired) electrons. The van der Waals surface area contributed by atoms with Crippen molar-refractivity contribution in [3.8, 4) is 0 Å². The molecule has 3 aromatic rings. The van der Waals surface area contributed by atoms with Gasteiger partial charge in [0.05, 0.1) is 28.6 Å². The summed E-state index contributed by atoms with van der Waals surface area (Å²) in [5.74, 6) is 0.0561. The van der Waals surface area contributed by atoms with E-state index in [2.05, 4.69) is 20.5 Å². The molecule has 2 aliphatic heterocycles. The first-order valence-corrected chi connectivity index (χ1v) is 12.6. The number of halogens is 6. The first kappa shape index (κ1) is 26.1. The van der Waals surface area contributed by atoms with Crippen molar-refractivity contribution in [1.82, 2.24) is 20.4 Å². The lowest BCUT2D eigenvalue weighted by atomic mass is 9.91. The molecule has 2 N–H and O–H groups in total. The second-order valence-corrected chi connectivity index (χ2v) is 9.86. The van der Waals surface area contributed by atoms with Gasteiger partial charge in [-0.2, -0.15) is 36.4 Å². The highest BCUT2D eigenvalue weighted by Gasteiger charge is 2.38. The molecule has 2 aliphatic rings. The van der Waals surface area contributed by atoms with E-state index in [0.29, 0.717) is 54.1 Å². The summed E-state index contributed by atoms with van der Waals surface area (Å²) in [6, 6.07) is 7.06. The molecular weight excluding hydrogens is 532 g/mol. The Balaban J connectivity index is 1.57. The average Bonchev–Trinajstić information content (AvgIpc) is 3.43. The van der Waals surface area contributed by atoms with Crippen LogP contribution in [-0.2, 0) is 23.6 Å². The Kier molecular flexibility index (Phi) is 6.88. The van der Waals surface area contributed by atoms with E-state index < -0.39 is 23.5 Å². The van der Waals surface area contributed by atoms with Gasteiger partial charge in [0, 0.05) is 43.6 Å². The van der Waals surface area contributed by atoms with E-state index in [9.17, 15) is 31.1 Å². The summed E-state index contributed by atoms with van der Waals surface area (Å²) in [4.78, 5) is 17.6. The molecular formula is C25H21F6N5OS. The minimum Gasteiger partial charge on any atom is -0.386 e. The summed E-state index contributed by atoms with van der Waals surface area (Å²) in [6.45, 7) is 1.45. The number of thioether (sulfide) groups is 1. The number of nitrogens with zero attached hydrogens (tertiary/aromatic N) is 3. The van der Waals surface area contributed by atoms with Gasteiger partial charge in [0.15, 0.2) is 5.17 Å². The zero-order valence-electron chi connectivity index (χ0n) is 19.7. The van der Waals surface area contributed by atoms with Crippen molar-refractivity contribution in [2.24, 2.45) is 4.99 Å². The first-order valence-electron chi connectivity index (χ1n) is 11.6. The second-order valence-electron chi connectivity index (χ2n) is 8.91. The molecule has 6 nitrogen and oxygen atoms in total. The molecule has 0 saturated carbocycles. The Labute approximate surface area is 217 Å². The SMILES string of the molecule is O=C1CSC(N2CCNC(=C(Cc3ccc(C(F)(F)F)cc3C(F)(F)F)c3ccc4[nH]ncc4c3)CC2)=N1. The average molecular weight is 554 g/mol.